The number of carbonyl (C=O) groups excluding carboxylic acids is 1. The number of nitrogens with zero attached hydrogens (tertiary/aromatic N) is 2. The molecule has 2 heterocycles. The van der Waals surface area contributed by atoms with Gasteiger partial charge < -0.3 is 15.2 Å². The molecule has 0 bridgehead atoms. The number of aromatic carboxylic acids is 1. The number of pyridine rings is 2. The first-order valence-electron chi connectivity index (χ1n) is 7.95. The molecule has 0 unspecified atom stereocenters. The minimum Gasteiger partial charge on any atom is -0.478 e. The smallest absolute Gasteiger partial charge is 0.478 e. The highest BCUT2D eigenvalue weighted by Gasteiger charge is 2.32. The van der Waals surface area contributed by atoms with Crippen LogP contribution < -0.4 is 10.1 Å². The number of hydrogen-bond donors (Lipinski definition) is 2. The second-order valence-electron chi connectivity index (χ2n) is 5.71. The monoisotopic (exact) mass is 425 g/mol. The summed E-state index contributed by atoms with van der Waals surface area (Å²) in [5.41, 5.74) is -0.469. The van der Waals surface area contributed by atoms with Gasteiger partial charge in [-0.05, 0) is 30.3 Å². The van der Waals surface area contributed by atoms with Crippen molar-refractivity contribution in [3.05, 3.63) is 64.6 Å². The zero-order chi connectivity index (χ0) is 21.2. The highest BCUT2D eigenvalue weighted by atomic mass is 35.5. The number of ether oxygens (including phenoxy) is 1. The van der Waals surface area contributed by atoms with Crippen molar-refractivity contribution in [2.45, 2.75) is 12.9 Å². The van der Waals surface area contributed by atoms with E-state index in [1.807, 2.05) is 0 Å². The number of rotatable bonds is 5. The normalized spacial score (nSPS) is 11.3. The van der Waals surface area contributed by atoms with Crippen molar-refractivity contribution in [2.75, 3.05) is 0 Å². The number of amides is 1. The Balaban J connectivity index is 1.98. The first-order chi connectivity index (χ1) is 13.6. The van der Waals surface area contributed by atoms with Crippen LogP contribution in [0.5, 0.6) is 5.75 Å². The first kappa shape index (κ1) is 20.3. The van der Waals surface area contributed by atoms with Crippen LogP contribution in [0.25, 0.3) is 10.9 Å². The molecule has 29 heavy (non-hydrogen) atoms. The van der Waals surface area contributed by atoms with Crippen molar-refractivity contribution < 1.29 is 32.6 Å². The Labute approximate surface area is 166 Å². The van der Waals surface area contributed by atoms with Crippen LogP contribution >= 0.6 is 11.6 Å². The molecule has 3 aromatic rings. The van der Waals surface area contributed by atoms with E-state index in [-0.39, 0.29) is 28.2 Å². The molecule has 7 nitrogen and oxygen atoms in total. The van der Waals surface area contributed by atoms with Crippen LogP contribution in [0.4, 0.5) is 13.2 Å². The molecule has 0 aliphatic heterocycles. The third-order valence-corrected chi connectivity index (χ3v) is 4.00. The van der Waals surface area contributed by atoms with Gasteiger partial charge in [0.2, 0.25) is 0 Å². The number of carboxylic acid groups (broad SMARTS) is 1. The minimum absolute atomic E-state index is 0.0845. The van der Waals surface area contributed by atoms with Gasteiger partial charge in [-0.15, -0.1) is 13.2 Å². The van der Waals surface area contributed by atoms with Crippen molar-refractivity contribution in [1.82, 2.24) is 15.3 Å². The second-order valence-corrected chi connectivity index (χ2v) is 6.12. The highest BCUT2D eigenvalue weighted by molar-refractivity contribution is 6.36. The predicted octanol–water partition coefficient (Wildman–Crippen LogP) is 3.81. The van der Waals surface area contributed by atoms with E-state index in [2.05, 4.69) is 20.0 Å². The lowest BCUT2D eigenvalue weighted by Crippen LogP contribution is -2.24. The predicted molar refractivity (Wildman–Crippen MR) is 95.8 cm³/mol. The molecular formula is C18H11ClF3N3O4. The van der Waals surface area contributed by atoms with Gasteiger partial charge in [-0.1, -0.05) is 17.7 Å². The van der Waals surface area contributed by atoms with Crippen molar-refractivity contribution in [2.24, 2.45) is 0 Å². The molecule has 3 rings (SSSR count). The first-order valence-corrected chi connectivity index (χ1v) is 8.33. The molecule has 0 aliphatic carbocycles. The fourth-order valence-electron chi connectivity index (χ4n) is 2.50. The van der Waals surface area contributed by atoms with E-state index in [4.69, 9.17) is 11.6 Å². The molecule has 0 saturated carbocycles. The van der Waals surface area contributed by atoms with Crippen LogP contribution in [-0.2, 0) is 6.54 Å². The number of halogens is 4. The van der Waals surface area contributed by atoms with Crippen LogP contribution in [-0.4, -0.2) is 33.3 Å². The molecule has 0 saturated heterocycles. The Morgan fingerprint density at radius 2 is 1.97 bits per heavy atom. The maximum Gasteiger partial charge on any atom is 0.573 e. The lowest BCUT2D eigenvalue weighted by atomic mass is 10.1. The number of fused-ring (bicyclic) bond motifs is 1. The third kappa shape index (κ3) is 4.91. The van der Waals surface area contributed by atoms with E-state index in [1.54, 1.807) is 24.4 Å². The summed E-state index contributed by atoms with van der Waals surface area (Å²) >= 11 is 6.08. The number of hydrogen-bond acceptors (Lipinski definition) is 5. The lowest BCUT2D eigenvalue weighted by molar-refractivity contribution is -0.274. The Morgan fingerprint density at radius 1 is 1.21 bits per heavy atom. The molecule has 150 valence electrons. The number of benzene rings is 1. The van der Waals surface area contributed by atoms with Gasteiger partial charge in [0.15, 0.2) is 0 Å². The fraction of sp³-hybridized carbons (Fsp3) is 0.111. The quantitative estimate of drug-likeness (QED) is 0.644. The molecule has 0 atom stereocenters. The Hall–Kier alpha value is -3.40. The summed E-state index contributed by atoms with van der Waals surface area (Å²) in [6.07, 6.45) is -3.47. The molecule has 1 aromatic carbocycles. The summed E-state index contributed by atoms with van der Waals surface area (Å²) in [6, 6.07) is 7.82. The van der Waals surface area contributed by atoms with E-state index >= 15 is 0 Å². The summed E-state index contributed by atoms with van der Waals surface area (Å²) in [5.74, 6) is -2.98. The van der Waals surface area contributed by atoms with Crippen LogP contribution in [0.2, 0.25) is 5.02 Å². The third-order valence-electron chi connectivity index (χ3n) is 3.69. The summed E-state index contributed by atoms with van der Waals surface area (Å²) in [4.78, 5) is 31.9. The van der Waals surface area contributed by atoms with Gasteiger partial charge in [0.1, 0.15) is 11.4 Å². The number of carboxylic acids is 1. The fourth-order valence-corrected chi connectivity index (χ4v) is 2.74. The zero-order valence-electron chi connectivity index (χ0n) is 14.3. The average molecular weight is 426 g/mol. The van der Waals surface area contributed by atoms with Crippen LogP contribution in [0, 0.1) is 0 Å². The second kappa shape index (κ2) is 7.92. The van der Waals surface area contributed by atoms with Gasteiger partial charge in [-0.25, -0.2) is 9.78 Å². The van der Waals surface area contributed by atoms with Gasteiger partial charge in [0.05, 0.1) is 28.3 Å². The van der Waals surface area contributed by atoms with Gasteiger partial charge in [-0.3, -0.25) is 9.78 Å². The van der Waals surface area contributed by atoms with Crippen molar-refractivity contribution >= 4 is 34.4 Å². The number of nitrogens with one attached hydrogen (secondary N) is 1. The number of alkyl halides is 3. The van der Waals surface area contributed by atoms with Crippen molar-refractivity contribution in [3.8, 4) is 5.75 Å². The average Bonchev–Trinajstić information content (AvgIpc) is 2.65. The van der Waals surface area contributed by atoms with E-state index in [0.717, 1.165) is 12.1 Å². The van der Waals surface area contributed by atoms with Crippen LogP contribution in [0.3, 0.4) is 0 Å². The van der Waals surface area contributed by atoms with Crippen LogP contribution in [0.1, 0.15) is 26.5 Å². The summed E-state index contributed by atoms with van der Waals surface area (Å²) in [7, 11) is 0. The number of carbonyl (C=O) groups is 2. The summed E-state index contributed by atoms with van der Waals surface area (Å²) in [5, 5.41) is 11.6. The standard InChI is InChI=1S/C18H11ClF3N3O4/c19-13-7-14(16(26)24-8-9-3-1-2-4-23-9)25-15-11(13)5-10(29-18(20,21)22)6-12(15)17(27)28/h1-7H,8H2,(H,24,26)(H,27,28). The van der Waals surface area contributed by atoms with E-state index in [1.165, 1.54) is 0 Å². The van der Waals surface area contributed by atoms with Crippen molar-refractivity contribution in [1.29, 1.82) is 0 Å². The molecule has 11 heteroatoms. The largest absolute Gasteiger partial charge is 0.573 e. The van der Waals surface area contributed by atoms with E-state index in [0.29, 0.717) is 11.8 Å². The van der Waals surface area contributed by atoms with E-state index < -0.39 is 29.6 Å². The highest BCUT2D eigenvalue weighted by Crippen LogP contribution is 2.33. The van der Waals surface area contributed by atoms with Gasteiger partial charge in [0.25, 0.3) is 5.91 Å². The van der Waals surface area contributed by atoms with Crippen molar-refractivity contribution in [3.63, 3.8) is 0 Å². The van der Waals surface area contributed by atoms with Gasteiger partial charge >= 0.3 is 12.3 Å². The van der Waals surface area contributed by atoms with E-state index in [9.17, 15) is 27.9 Å². The van der Waals surface area contributed by atoms with Gasteiger partial charge in [-0.2, -0.15) is 0 Å². The topological polar surface area (TPSA) is 101 Å². The molecule has 0 spiro atoms. The Kier molecular flexibility index (Phi) is 5.55. The number of aromatic nitrogens is 2. The maximum absolute atomic E-state index is 12.5. The minimum atomic E-state index is -5.02. The molecule has 1 amide bonds. The molecule has 0 fully saturated rings. The molecule has 2 N–H and O–H groups in total. The Morgan fingerprint density at radius 3 is 2.59 bits per heavy atom. The maximum atomic E-state index is 12.5. The summed E-state index contributed by atoms with van der Waals surface area (Å²) in [6.45, 7) is 0.0845. The molecule has 2 aromatic heterocycles. The van der Waals surface area contributed by atoms with Gasteiger partial charge in [0, 0.05) is 11.6 Å². The molecule has 0 aliphatic rings. The zero-order valence-corrected chi connectivity index (χ0v) is 15.1. The summed E-state index contributed by atoms with van der Waals surface area (Å²) < 4.78 is 41.3. The Bertz CT molecular complexity index is 1090. The molecular weight excluding hydrogens is 415 g/mol. The van der Waals surface area contributed by atoms with Crippen LogP contribution in [0.15, 0.2) is 42.6 Å². The SMILES string of the molecule is O=C(NCc1ccccn1)c1cc(Cl)c2cc(OC(F)(F)F)cc(C(=O)O)c2n1. The lowest BCUT2D eigenvalue weighted by Gasteiger charge is -2.13. The molecule has 0 radical (unpaired) electrons.